The van der Waals surface area contributed by atoms with Crippen LogP contribution in [0.15, 0.2) is 0 Å². The summed E-state index contributed by atoms with van der Waals surface area (Å²) in [5.41, 5.74) is 5.37. The van der Waals surface area contributed by atoms with Gasteiger partial charge in [-0.15, -0.1) is 0 Å². The number of nitrogens with one attached hydrogen (secondary N) is 3. The second kappa shape index (κ2) is 15.0. The van der Waals surface area contributed by atoms with Crippen LogP contribution in [0.3, 0.4) is 0 Å². The number of halogens is 3. The van der Waals surface area contributed by atoms with E-state index < -0.39 is 85.3 Å². The van der Waals surface area contributed by atoms with Gasteiger partial charge in [-0.1, -0.05) is 0 Å². The van der Waals surface area contributed by atoms with E-state index in [0.717, 1.165) is 0 Å². The highest BCUT2D eigenvalue weighted by Gasteiger charge is 2.38. The van der Waals surface area contributed by atoms with Gasteiger partial charge in [-0.2, -0.15) is 13.2 Å². The number of carboxylic acid groups (broad SMARTS) is 4. The Kier molecular flexibility index (Phi) is 14.2. The SMILES string of the molecule is CC(N)C(=O)NC(CCC(=O)O)C(=O)NC(CC(=O)O)C(=O)NCC(=O)O.O=C(O)C(F)(F)F. The Hall–Kier alpha value is -3.96. The third-order valence-electron chi connectivity index (χ3n) is 3.36. The van der Waals surface area contributed by atoms with E-state index in [1.165, 1.54) is 6.92 Å². The summed E-state index contributed by atoms with van der Waals surface area (Å²) in [5.74, 6) is -9.67. The molecule has 0 heterocycles. The molecule has 0 bridgehead atoms. The lowest BCUT2D eigenvalue weighted by Crippen LogP contribution is -2.56. The van der Waals surface area contributed by atoms with Gasteiger partial charge in [0.2, 0.25) is 17.7 Å². The van der Waals surface area contributed by atoms with Gasteiger partial charge >= 0.3 is 30.1 Å². The topological polar surface area (TPSA) is 263 Å². The van der Waals surface area contributed by atoms with E-state index in [0.29, 0.717) is 0 Å². The fourth-order valence-electron chi connectivity index (χ4n) is 1.78. The molecule has 3 atom stereocenters. The van der Waals surface area contributed by atoms with Crippen molar-refractivity contribution < 1.29 is 67.2 Å². The predicted octanol–water partition coefficient (Wildman–Crippen LogP) is -2.52. The van der Waals surface area contributed by atoms with E-state index in [-0.39, 0.29) is 6.42 Å². The molecule has 0 spiro atoms. The van der Waals surface area contributed by atoms with Crippen LogP contribution in [-0.4, -0.2) is 92.9 Å². The summed E-state index contributed by atoms with van der Waals surface area (Å²) in [6, 6.07) is -4.02. The fourth-order valence-corrected chi connectivity index (χ4v) is 1.78. The smallest absolute Gasteiger partial charge is 0.481 e. The molecule has 0 saturated heterocycles. The molecule has 0 rings (SSSR count). The molecule has 3 amide bonds. The minimum absolute atomic E-state index is 0.337. The minimum Gasteiger partial charge on any atom is -0.481 e. The average molecular weight is 504 g/mol. The van der Waals surface area contributed by atoms with E-state index >= 15 is 0 Å². The number of hydrogen-bond donors (Lipinski definition) is 8. The molecule has 0 aliphatic heterocycles. The van der Waals surface area contributed by atoms with Crippen molar-refractivity contribution in [1.29, 1.82) is 0 Å². The zero-order chi connectivity index (χ0) is 27.2. The standard InChI is InChI=1S/C14H22N4O9.C2HF3O2/c1-6(15)12(25)17-7(2-3-9(19)20)14(27)18-8(4-10(21)22)13(26)16-5-11(23)24;3-2(4,5)1(6)7/h6-8H,2-5,15H2,1H3,(H,16,26)(H,17,25)(H,18,27)(H,19,20)(H,21,22)(H,23,24);(H,6,7). The van der Waals surface area contributed by atoms with E-state index in [2.05, 4.69) is 10.6 Å². The van der Waals surface area contributed by atoms with Gasteiger partial charge in [0.1, 0.15) is 18.6 Å². The number of rotatable bonds is 12. The van der Waals surface area contributed by atoms with E-state index in [9.17, 15) is 41.9 Å². The van der Waals surface area contributed by atoms with E-state index in [4.69, 9.17) is 31.0 Å². The van der Waals surface area contributed by atoms with Crippen LogP contribution < -0.4 is 21.7 Å². The molecule has 18 heteroatoms. The van der Waals surface area contributed by atoms with Crippen molar-refractivity contribution in [3.63, 3.8) is 0 Å². The molecule has 194 valence electrons. The van der Waals surface area contributed by atoms with Gasteiger partial charge < -0.3 is 42.1 Å². The van der Waals surface area contributed by atoms with Crippen molar-refractivity contribution in [2.24, 2.45) is 5.73 Å². The number of carbonyl (C=O) groups excluding carboxylic acids is 3. The molecule has 34 heavy (non-hydrogen) atoms. The van der Waals surface area contributed by atoms with Crippen LogP contribution in [0.5, 0.6) is 0 Å². The molecular formula is C16H23F3N4O11. The molecule has 0 radical (unpaired) electrons. The molecule has 15 nitrogen and oxygen atoms in total. The van der Waals surface area contributed by atoms with Crippen molar-refractivity contribution in [1.82, 2.24) is 16.0 Å². The van der Waals surface area contributed by atoms with E-state index in [1.54, 1.807) is 0 Å². The Labute approximate surface area is 188 Å². The maximum absolute atomic E-state index is 12.3. The number of carbonyl (C=O) groups is 7. The first-order valence-corrected chi connectivity index (χ1v) is 8.98. The number of hydrogen-bond acceptors (Lipinski definition) is 8. The van der Waals surface area contributed by atoms with Crippen LogP contribution in [0.2, 0.25) is 0 Å². The largest absolute Gasteiger partial charge is 0.490 e. The highest BCUT2D eigenvalue weighted by molar-refractivity contribution is 5.95. The first kappa shape index (κ1) is 32.2. The van der Waals surface area contributed by atoms with Crippen LogP contribution in [0, 0.1) is 0 Å². The summed E-state index contributed by atoms with van der Waals surface area (Å²) in [7, 11) is 0. The molecule has 0 aromatic carbocycles. The summed E-state index contributed by atoms with van der Waals surface area (Å²) in [4.78, 5) is 76.8. The summed E-state index contributed by atoms with van der Waals surface area (Å²) < 4.78 is 31.7. The Morgan fingerprint density at radius 2 is 1.26 bits per heavy atom. The molecule has 0 aliphatic carbocycles. The molecular weight excluding hydrogens is 481 g/mol. The van der Waals surface area contributed by atoms with Crippen LogP contribution in [0.25, 0.3) is 0 Å². The molecule has 0 fully saturated rings. The van der Waals surface area contributed by atoms with Crippen LogP contribution in [0.4, 0.5) is 13.2 Å². The molecule has 0 aliphatic rings. The number of aliphatic carboxylic acids is 4. The normalized spacial score (nSPS) is 13.1. The Morgan fingerprint density at radius 1 is 0.794 bits per heavy atom. The van der Waals surface area contributed by atoms with Gasteiger partial charge in [0, 0.05) is 6.42 Å². The molecule has 9 N–H and O–H groups in total. The third kappa shape index (κ3) is 15.8. The predicted molar refractivity (Wildman–Crippen MR) is 101 cm³/mol. The lowest BCUT2D eigenvalue weighted by molar-refractivity contribution is -0.192. The first-order valence-electron chi connectivity index (χ1n) is 8.98. The highest BCUT2D eigenvalue weighted by Crippen LogP contribution is 2.13. The van der Waals surface area contributed by atoms with Gasteiger partial charge in [0.25, 0.3) is 0 Å². The fraction of sp³-hybridized carbons (Fsp3) is 0.562. The lowest BCUT2D eigenvalue weighted by atomic mass is 10.1. The van der Waals surface area contributed by atoms with Crippen molar-refractivity contribution in [3.8, 4) is 0 Å². The Morgan fingerprint density at radius 3 is 1.62 bits per heavy atom. The minimum atomic E-state index is -5.08. The second-order valence-electron chi connectivity index (χ2n) is 6.36. The summed E-state index contributed by atoms with van der Waals surface area (Å²) in [6.45, 7) is 0.531. The van der Waals surface area contributed by atoms with Crippen molar-refractivity contribution in [3.05, 3.63) is 0 Å². The number of carboxylic acids is 4. The van der Waals surface area contributed by atoms with Crippen LogP contribution in [-0.2, 0) is 33.6 Å². The van der Waals surface area contributed by atoms with Crippen molar-refractivity contribution in [2.45, 2.75) is 50.5 Å². The molecule has 3 unspecified atom stereocenters. The van der Waals surface area contributed by atoms with Crippen molar-refractivity contribution >= 4 is 41.6 Å². The van der Waals surface area contributed by atoms with Gasteiger partial charge in [0.05, 0.1) is 12.5 Å². The Balaban J connectivity index is 0. The number of alkyl halides is 3. The lowest BCUT2D eigenvalue weighted by Gasteiger charge is -2.22. The van der Waals surface area contributed by atoms with Gasteiger partial charge in [-0.3, -0.25) is 28.8 Å². The molecule has 0 aromatic rings. The van der Waals surface area contributed by atoms with Crippen LogP contribution >= 0.6 is 0 Å². The van der Waals surface area contributed by atoms with Crippen LogP contribution in [0.1, 0.15) is 26.2 Å². The van der Waals surface area contributed by atoms with Gasteiger partial charge in [0.15, 0.2) is 0 Å². The Bertz CT molecular complexity index is 787. The average Bonchev–Trinajstić information content (AvgIpc) is 2.67. The van der Waals surface area contributed by atoms with Gasteiger partial charge in [-0.05, 0) is 13.3 Å². The number of nitrogens with two attached hydrogens (primary N) is 1. The maximum Gasteiger partial charge on any atom is 0.490 e. The highest BCUT2D eigenvalue weighted by atomic mass is 19.4. The van der Waals surface area contributed by atoms with Gasteiger partial charge in [-0.25, -0.2) is 4.79 Å². The zero-order valence-corrected chi connectivity index (χ0v) is 17.4. The zero-order valence-electron chi connectivity index (χ0n) is 17.4. The van der Waals surface area contributed by atoms with Crippen molar-refractivity contribution in [2.75, 3.05) is 6.54 Å². The maximum atomic E-state index is 12.3. The quantitative estimate of drug-likeness (QED) is 0.137. The third-order valence-corrected chi connectivity index (χ3v) is 3.36. The summed E-state index contributed by atoms with van der Waals surface area (Å²) >= 11 is 0. The van der Waals surface area contributed by atoms with E-state index in [1.807, 2.05) is 5.32 Å². The first-order chi connectivity index (χ1) is 15.4. The molecule has 0 aromatic heterocycles. The molecule has 0 saturated carbocycles. The number of amides is 3. The second-order valence-corrected chi connectivity index (χ2v) is 6.36. The summed E-state index contributed by atoms with van der Waals surface area (Å²) in [6.07, 6.45) is -6.77. The monoisotopic (exact) mass is 504 g/mol. The summed E-state index contributed by atoms with van der Waals surface area (Å²) in [5, 5.41) is 39.4.